The zero-order valence-electron chi connectivity index (χ0n) is 15.6. The van der Waals surface area contributed by atoms with Crippen LogP contribution in [0.15, 0.2) is 46.9 Å². The van der Waals surface area contributed by atoms with Crippen molar-refractivity contribution >= 4 is 40.5 Å². The SMILES string of the molecule is CC(C)C(=O)N(C)CC(=O)N1N=C(c2cccs2)C[C@@H]1c1ccccc1Cl. The fourth-order valence-corrected chi connectivity index (χ4v) is 4.10. The van der Waals surface area contributed by atoms with Crippen molar-refractivity contribution in [3.8, 4) is 0 Å². The summed E-state index contributed by atoms with van der Waals surface area (Å²) in [6.45, 7) is 3.62. The summed E-state index contributed by atoms with van der Waals surface area (Å²) in [7, 11) is 1.64. The molecule has 7 heteroatoms. The van der Waals surface area contributed by atoms with Crippen LogP contribution in [0.5, 0.6) is 0 Å². The van der Waals surface area contributed by atoms with Gasteiger partial charge in [0.25, 0.3) is 5.91 Å². The van der Waals surface area contributed by atoms with E-state index < -0.39 is 0 Å². The number of benzene rings is 1. The third kappa shape index (κ3) is 4.22. The first kappa shape index (κ1) is 19.6. The topological polar surface area (TPSA) is 53.0 Å². The molecule has 2 heterocycles. The fraction of sp³-hybridized carbons (Fsp3) is 0.350. The summed E-state index contributed by atoms with van der Waals surface area (Å²) in [6.07, 6.45) is 0.595. The first-order valence-electron chi connectivity index (χ1n) is 8.81. The first-order chi connectivity index (χ1) is 12.9. The minimum Gasteiger partial charge on any atom is -0.336 e. The number of nitrogens with zero attached hydrogens (tertiary/aromatic N) is 3. The fourth-order valence-electron chi connectivity index (χ4n) is 3.11. The average molecular weight is 404 g/mol. The zero-order chi connectivity index (χ0) is 19.6. The molecule has 1 atom stereocenters. The molecule has 2 aromatic rings. The van der Waals surface area contributed by atoms with E-state index in [4.69, 9.17) is 11.6 Å². The van der Waals surface area contributed by atoms with Crippen LogP contribution in [-0.2, 0) is 9.59 Å². The van der Waals surface area contributed by atoms with E-state index in [0.29, 0.717) is 11.4 Å². The number of rotatable bonds is 5. The Hall–Kier alpha value is -2.18. The summed E-state index contributed by atoms with van der Waals surface area (Å²) in [5, 5.41) is 8.68. The maximum absolute atomic E-state index is 13.0. The van der Waals surface area contributed by atoms with Crippen LogP contribution >= 0.6 is 22.9 Å². The molecule has 1 aliphatic heterocycles. The van der Waals surface area contributed by atoms with Gasteiger partial charge in [0.05, 0.1) is 16.6 Å². The quantitative estimate of drug-likeness (QED) is 0.751. The van der Waals surface area contributed by atoms with E-state index in [9.17, 15) is 9.59 Å². The Morgan fingerprint density at radius 3 is 2.67 bits per heavy atom. The standard InChI is InChI=1S/C20H22ClN3O2S/c1-13(2)20(26)23(3)12-19(25)24-17(14-7-4-5-8-15(14)21)11-16(22-24)18-9-6-10-27-18/h4-10,13,17H,11-12H2,1-3H3/t17-/m1/s1. The summed E-state index contributed by atoms with van der Waals surface area (Å²) < 4.78 is 0. The lowest BCUT2D eigenvalue weighted by Gasteiger charge is -2.26. The van der Waals surface area contributed by atoms with Gasteiger partial charge in [-0.05, 0) is 23.1 Å². The van der Waals surface area contributed by atoms with Gasteiger partial charge in [0.2, 0.25) is 5.91 Å². The normalized spacial score (nSPS) is 16.6. The highest BCUT2D eigenvalue weighted by Crippen LogP contribution is 2.36. The van der Waals surface area contributed by atoms with Crippen molar-refractivity contribution in [1.82, 2.24) is 9.91 Å². The van der Waals surface area contributed by atoms with E-state index in [1.807, 2.05) is 55.6 Å². The summed E-state index contributed by atoms with van der Waals surface area (Å²) in [6, 6.07) is 11.2. The van der Waals surface area contributed by atoms with Gasteiger partial charge in [-0.2, -0.15) is 5.10 Å². The smallest absolute Gasteiger partial charge is 0.262 e. The Labute approximate surface area is 168 Å². The van der Waals surface area contributed by atoms with Gasteiger partial charge in [0.1, 0.15) is 6.54 Å². The Morgan fingerprint density at radius 1 is 1.30 bits per heavy atom. The summed E-state index contributed by atoms with van der Waals surface area (Å²) in [4.78, 5) is 27.6. The van der Waals surface area contributed by atoms with Crippen LogP contribution in [0.1, 0.15) is 36.8 Å². The molecule has 0 N–H and O–H groups in total. The highest BCUT2D eigenvalue weighted by atomic mass is 35.5. The zero-order valence-corrected chi connectivity index (χ0v) is 17.1. The van der Waals surface area contributed by atoms with Crippen LogP contribution in [0.3, 0.4) is 0 Å². The molecule has 1 aromatic carbocycles. The number of carbonyl (C=O) groups excluding carboxylic acids is 2. The van der Waals surface area contributed by atoms with Gasteiger partial charge in [-0.15, -0.1) is 11.3 Å². The summed E-state index contributed by atoms with van der Waals surface area (Å²) >= 11 is 7.99. The number of thiophene rings is 1. The third-order valence-corrected chi connectivity index (χ3v) is 5.74. The lowest BCUT2D eigenvalue weighted by atomic mass is 10.0. The molecule has 0 bridgehead atoms. The molecular formula is C20H22ClN3O2S. The minimum absolute atomic E-state index is 0.0147. The number of hydrazone groups is 1. The van der Waals surface area contributed by atoms with Crippen molar-refractivity contribution in [1.29, 1.82) is 0 Å². The third-order valence-electron chi connectivity index (χ3n) is 4.48. The Balaban J connectivity index is 1.88. The number of amides is 2. The Bertz CT molecular complexity index is 864. The van der Waals surface area contributed by atoms with Crippen molar-refractivity contribution in [2.24, 2.45) is 11.0 Å². The molecule has 0 saturated carbocycles. The molecule has 0 spiro atoms. The molecule has 0 radical (unpaired) electrons. The van der Waals surface area contributed by atoms with Gasteiger partial charge < -0.3 is 4.90 Å². The molecule has 1 aliphatic rings. The predicted octanol–water partition coefficient (Wildman–Crippen LogP) is 4.19. The molecule has 27 heavy (non-hydrogen) atoms. The molecule has 0 aliphatic carbocycles. The van der Waals surface area contributed by atoms with Gasteiger partial charge in [-0.25, -0.2) is 5.01 Å². The lowest BCUT2D eigenvalue weighted by Crippen LogP contribution is -2.40. The molecule has 0 unspecified atom stereocenters. The molecule has 142 valence electrons. The second-order valence-electron chi connectivity index (χ2n) is 6.85. The van der Waals surface area contributed by atoms with Gasteiger partial charge in [-0.1, -0.05) is 49.7 Å². The molecule has 3 rings (SSSR count). The van der Waals surface area contributed by atoms with Crippen LogP contribution < -0.4 is 0 Å². The number of likely N-dealkylation sites (N-methyl/N-ethyl adjacent to an activating group) is 1. The number of carbonyl (C=O) groups is 2. The van der Waals surface area contributed by atoms with Crippen LogP contribution in [0.25, 0.3) is 0 Å². The molecule has 5 nitrogen and oxygen atoms in total. The van der Waals surface area contributed by atoms with Crippen LogP contribution in [0.2, 0.25) is 5.02 Å². The maximum Gasteiger partial charge on any atom is 0.262 e. The maximum atomic E-state index is 13.0. The van der Waals surface area contributed by atoms with Crippen molar-refractivity contribution in [2.75, 3.05) is 13.6 Å². The van der Waals surface area contributed by atoms with E-state index in [1.54, 1.807) is 18.4 Å². The van der Waals surface area contributed by atoms with E-state index in [-0.39, 0.29) is 30.3 Å². The second kappa shape index (κ2) is 8.23. The van der Waals surface area contributed by atoms with Crippen LogP contribution in [0.4, 0.5) is 0 Å². The van der Waals surface area contributed by atoms with Crippen LogP contribution in [-0.4, -0.2) is 41.0 Å². The highest BCUT2D eigenvalue weighted by Gasteiger charge is 2.35. The average Bonchev–Trinajstić information content (AvgIpc) is 3.30. The predicted molar refractivity (Wildman–Crippen MR) is 109 cm³/mol. The van der Waals surface area contributed by atoms with Crippen molar-refractivity contribution in [2.45, 2.75) is 26.3 Å². The van der Waals surface area contributed by atoms with Gasteiger partial charge in [0.15, 0.2) is 0 Å². The monoisotopic (exact) mass is 403 g/mol. The molecular weight excluding hydrogens is 382 g/mol. The Kier molecular flexibility index (Phi) is 5.97. The summed E-state index contributed by atoms with van der Waals surface area (Å²) in [5.74, 6) is -0.451. The van der Waals surface area contributed by atoms with E-state index in [1.165, 1.54) is 9.91 Å². The molecule has 2 amide bonds. The van der Waals surface area contributed by atoms with Gasteiger partial charge in [-0.3, -0.25) is 9.59 Å². The molecule has 0 fully saturated rings. The molecule has 1 aromatic heterocycles. The highest BCUT2D eigenvalue weighted by molar-refractivity contribution is 7.12. The van der Waals surface area contributed by atoms with E-state index in [2.05, 4.69) is 5.10 Å². The molecule has 0 saturated heterocycles. The summed E-state index contributed by atoms with van der Waals surface area (Å²) in [5.41, 5.74) is 1.72. The van der Waals surface area contributed by atoms with Crippen LogP contribution in [0, 0.1) is 5.92 Å². The largest absolute Gasteiger partial charge is 0.336 e. The Morgan fingerprint density at radius 2 is 2.04 bits per heavy atom. The second-order valence-corrected chi connectivity index (χ2v) is 8.21. The lowest BCUT2D eigenvalue weighted by molar-refractivity contribution is -0.142. The minimum atomic E-state index is -0.272. The van der Waals surface area contributed by atoms with Gasteiger partial charge in [0, 0.05) is 24.4 Å². The number of halogens is 1. The van der Waals surface area contributed by atoms with E-state index >= 15 is 0 Å². The first-order valence-corrected chi connectivity index (χ1v) is 10.1. The van der Waals surface area contributed by atoms with Crippen molar-refractivity contribution in [3.05, 3.63) is 57.2 Å². The van der Waals surface area contributed by atoms with Crippen molar-refractivity contribution in [3.63, 3.8) is 0 Å². The van der Waals surface area contributed by atoms with E-state index in [0.717, 1.165) is 16.2 Å². The van der Waals surface area contributed by atoms with Crippen molar-refractivity contribution < 1.29 is 9.59 Å². The number of hydrogen-bond acceptors (Lipinski definition) is 4. The van der Waals surface area contributed by atoms with Gasteiger partial charge >= 0.3 is 0 Å². The number of hydrogen-bond donors (Lipinski definition) is 0.